The second-order valence-corrected chi connectivity index (χ2v) is 6.87. The average Bonchev–Trinajstić information content (AvgIpc) is 3.03. The Bertz CT molecular complexity index is 769. The van der Waals surface area contributed by atoms with Crippen LogP contribution in [0.4, 0.5) is 10.1 Å². The van der Waals surface area contributed by atoms with E-state index in [0.717, 1.165) is 49.7 Å². The largest absolute Gasteiger partial charge is 0.361 e. The predicted octanol–water partition coefficient (Wildman–Crippen LogP) is 2.58. The smallest absolute Gasteiger partial charge is 0.241 e. The number of carbonyl (C=O) groups is 1. The number of benzene rings is 1. The van der Waals surface area contributed by atoms with Crippen molar-refractivity contribution >= 4 is 11.6 Å². The highest BCUT2D eigenvalue weighted by molar-refractivity contribution is 5.95. The lowest BCUT2D eigenvalue weighted by Gasteiger charge is -2.37. The summed E-state index contributed by atoms with van der Waals surface area (Å²) in [6.45, 7) is 9.71. The Morgan fingerprint density at radius 1 is 1.27 bits per heavy atom. The molecule has 0 saturated carbocycles. The van der Waals surface area contributed by atoms with Gasteiger partial charge in [-0.15, -0.1) is 0 Å². The van der Waals surface area contributed by atoms with Gasteiger partial charge in [-0.1, -0.05) is 11.2 Å². The van der Waals surface area contributed by atoms with E-state index in [1.165, 1.54) is 12.1 Å². The van der Waals surface area contributed by atoms with Crippen LogP contribution in [0.25, 0.3) is 0 Å². The van der Waals surface area contributed by atoms with Crippen LogP contribution in [0.15, 0.2) is 28.8 Å². The van der Waals surface area contributed by atoms with Crippen LogP contribution in [-0.4, -0.2) is 53.1 Å². The molecule has 1 aromatic heterocycles. The van der Waals surface area contributed by atoms with E-state index < -0.39 is 0 Å². The van der Waals surface area contributed by atoms with E-state index in [9.17, 15) is 9.18 Å². The number of halogens is 1. The fraction of sp³-hybridized carbons (Fsp3) is 0.474. The van der Waals surface area contributed by atoms with E-state index in [-0.39, 0.29) is 17.8 Å². The minimum Gasteiger partial charge on any atom is -0.361 e. The first-order chi connectivity index (χ1) is 12.4. The molecule has 6 nitrogen and oxygen atoms in total. The lowest BCUT2D eigenvalue weighted by Crippen LogP contribution is -2.52. The summed E-state index contributed by atoms with van der Waals surface area (Å²) in [6, 6.07) is 6.10. The van der Waals surface area contributed by atoms with Gasteiger partial charge in [0.2, 0.25) is 5.91 Å². The van der Waals surface area contributed by atoms with Crippen LogP contribution in [0.5, 0.6) is 0 Å². The van der Waals surface area contributed by atoms with Crippen LogP contribution in [0.2, 0.25) is 0 Å². The highest BCUT2D eigenvalue weighted by atomic mass is 19.1. The zero-order valence-corrected chi connectivity index (χ0v) is 15.5. The predicted molar refractivity (Wildman–Crippen MR) is 97.3 cm³/mol. The number of amides is 1. The van der Waals surface area contributed by atoms with E-state index in [1.807, 2.05) is 26.8 Å². The van der Waals surface area contributed by atoms with Gasteiger partial charge in [-0.05, 0) is 38.5 Å². The summed E-state index contributed by atoms with van der Waals surface area (Å²) < 4.78 is 18.5. The number of anilines is 1. The quantitative estimate of drug-likeness (QED) is 0.888. The van der Waals surface area contributed by atoms with Crippen molar-refractivity contribution < 1.29 is 13.7 Å². The molecule has 140 valence electrons. The number of aryl methyl sites for hydroxylation is 2. The average molecular weight is 360 g/mol. The van der Waals surface area contributed by atoms with E-state index in [1.54, 1.807) is 6.07 Å². The molecular weight excluding hydrogens is 335 g/mol. The fourth-order valence-corrected chi connectivity index (χ4v) is 3.16. The van der Waals surface area contributed by atoms with Gasteiger partial charge >= 0.3 is 0 Å². The molecule has 26 heavy (non-hydrogen) atoms. The highest BCUT2D eigenvalue weighted by Crippen LogP contribution is 2.17. The number of piperazine rings is 1. The Hall–Kier alpha value is -2.25. The molecule has 1 saturated heterocycles. The van der Waals surface area contributed by atoms with Gasteiger partial charge in [0.25, 0.3) is 0 Å². The van der Waals surface area contributed by atoms with E-state index in [4.69, 9.17) is 4.52 Å². The maximum Gasteiger partial charge on any atom is 0.241 e. The van der Waals surface area contributed by atoms with E-state index in [0.29, 0.717) is 5.69 Å². The number of aromatic nitrogens is 1. The topological polar surface area (TPSA) is 61.6 Å². The summed E-state index contributed by atoms with van der Waals surface area (Å²) in [4.78, 5) is 17.0. The van der Waals surface area contributed by atoms with Crippen LogP contribution < -0.4 is 5.32 Å². The Morgan fingerprint density at radius 3 is 2.65 bits per heavy atom. The molecule has 3 rings (SSSR count). The second-order valence-electron chi connectivity index (χ2n) is 6.87. The Kier molecular flexibility index (Phi) is 5.68. The molecular formula is C19H25FN4O2. The van der Waals surface area contributed by atoms with Crippen LogP contribution in [0, 0.1) is 19.7 Å². The molecule has 1 N–H and O–H groups in total. The van der Waals surface area contributed by atoms with Crippen LogP contribution in [-0.2, 0) is 11.3 Å². The van der Waals surface area contributed by atoms with E-state index in [2.05, 4.69) is 20.3 Å². The van der Waals surface area contributed by atoms with Gasteiger partial charge in [0, 0.05) is 44.5 Å². The second kappa shape index (κ2) is 7.97. The maximum atomic E-state index is 13.4. The van der Waals surface area contributed by atoms with Gasteiger partial charge in [-0.3, -0.25) is 14.6 Å². The molecule has 1 aromatic carbocycles. The monoisotopic (exact) mass is 360 g/mol. The molecule has 0 bridgehead atoms. The first-order valence-electron chi connectivity index (χ1n) is 8.88. The Labute approximate surface area is 152 Å². The first kappa shape index (κ1) is 18.5. The number of nitrogens with one attached hydrogen (secondary N) is 1. The van der Waals surface area contributed by atoms with Gasteiger partial charge in [0.05, 0.1) is 11.7 Å². The maximum absolute atomic E-state index is 13.4. The van der Waals surface area contributed by atoms with Crippen molar-refractivity contribution in [3.05, 3.63) is 47.1 Å². The lowest BCUT2D eigenvalue weighted by atomic mass is 10.1. The number of nitrogens with zero attached hydrogens (tertiary/aromatic N) is 3. The summed E-state index contributed by atoms with van der Waals surface area (Å²) in [7, 11) is 0. The fourth-order valence-electron chi connectivity index (χ4n) is 3.16. The third-order valence-electron chi connectivity index (χ3n) is 4.85. The normalized spacial score (nSPS) is 17.2. The molecule has 0 aliphatic carbocycles. The molecule has 1 amide bonds. The van der Waals surface area contributed by atoms with Crippen LogP contribution in [0.1, 0.15) is 23.9 Å². The number of rotatable bonds is 5. The van der Waals surface area contributed by atoms with Crippen molar-refractivity contribution in [3.8, 4) is 0 Å². The molecule has 0 radical (unpaired) electrons. The summed E-state index contributed by atoms with van der Waals surface area (Å²) in [6.07, 6.45) is 0. The first-order valence-corrected chi connectivity index (χ1v) is 8.88. The minimum atomic E-state index is -0.352. The van der Waals surface area contributed by atoms with Crippen LogP contribution >= 0.6 is 0 Å². The van der Waals surface area contributed by atoms with Crippen molar-refractivity contribution in [2.45, 2.75) is 33.4 Å². The molecule has 1 unspecified atom stereocenters. The van der Waals surface area contributed by atoms with Crippen molar-refractivity contribution in [2.24, 2.45) is 0 Å². The standard InChI is InChI=1S/C19H25FN4O2/c1-13-4-5-16(20)11-18(13)21-19(25)15(3)24-8-6-23(7-9-24)12-17-10-14(2)26-22-17/h4-5,10-11,15H,6-9,12H2,1-3H3,(H,21,25). The SMILES string of the molecule is Cc1cc(CN2CCN(C(C)C(=O)Nc3cc(F)ccc3C)CC2)no1. The summed E-state index contributed by atoms with van der Waals surface area (Å²) in [5, 5.41) is 6.87. The lowest BCUT2D eigenvalue weighted by molar-refractivity contribution is -0.121. The zero-order chi connectivity index (χ0) is 18.7. The Morgan fingerprint density at radius 2 is 2.00 bits per heavy atom. The van der Waals surface area contributed by atoms with Gasteiger partial charge in [-0.2, -0.15) is 0 Å². The number of carbonyl (C=O) groups excluding carboxylic acids is 1. The van der Waals surface area contributed by atoms with Gasteiger partial charge in [0.1, 0.15) is 11.6 Å². The van der Waals surface area contributed by atoms with Crippen LogP contribution in [0.3, 0.4) is 0 Å². The van der Waals surface area contributed by atoms with Gasteiger partial charge in [-0.25, -0.2) is 4.39 Å². The van der Waals surface area contributed by atoms with Gasteiger partial charge < -0.3 is 9.84 Å². The van der Waals surface area contributed by atoms with Gasteiger partial charge in [0.15, 0.2) is 0 Å². The molecule has 2 aromatic rings. The van der Waals surface area contributed by atoms with Crippen molar-refractivity contribution in [2.75, 3.05) is 31.5 Å². The molecule has 1 atom stereocenters. The molecule has 2 heterocycles. The van der Waals surface area contributed by atoms with Crippen molar-refractivity contribution in [1.29, 1.82) is 0 Å². The molecule has 7 heteroatoms. The van der Waals surface area contributed by atoms with Crippen molar-refractivity contribution in [1.82, 2.24) is 15.0 Å². The summed E-state index contributed by atoms with van der Waals surface area (Å²) in [5.41, 5.74) is 2.31. The summed E-state index contributed by atoms with van der Waals surface area (Å²) in [5.74, 6) is 0.353. The third-order valence-corrected chi connectivity index (χ3v) is 4.85. The zero-order valence-electron chi connectivity index (χ0n) is 15.5. The van der Waals surface area contributed by atoms with E-state index >= 15 is 0 Å². The molecule has 1 fully saturated rings. The molecule has 1 aliphatic heterocycles. The van der Waals surface area contributed by atoms with Crippen molar-refractivity contribution in [3.63, 3.8) is 0 Å². The Balaban J connectivity index is 1.51. The highest BCUT2D eigenvalue weighted by Gasteiger charge is 2.26. The minimum absolute atomic E-state index is 0.112. The number of hydrogen-bond acceptors (Lipinski definition) is 5. The third kappa shape index (κ3) is 4.47. The molecule has 0 spiro atoms. The summed E-state index contributed by atoms with van der Waals surface area (Å²) >= 11 is 0. The number of hydrogen-bond donors (Lipinski definition) is 1. The molecule has 1 aliphatic rings.